The number of rotatable bonds is 1. The number of hydrogen-bond acceptors (Lipinski definition) is 7. The Morgan fingerprint density at radius 1 is 1.18 bits per heavy atom. The molecule has 7 heteroatoms. The van der Waals surface area contributed by atoms with Gasteiger partial charge < -0.3 is 19.0 Å². The molecule has 7 nitrogen and oxygen atoms in total. The number of hydrogen-bond donors (Lipinski definition) is 1. The van der Waals surface area contributed by atoms with Crippen LogP contribution < -0.4 is 10.4 Å². The van der Waals surface area contributed by atoms with Gasteiger partial charge in [0, 0.05) is 19.9 Å². The molecule has 0 bridgehead atoms. The van der Waals surface area contributed by atoms with Crippen LogP contribution >= 0.6 is 0 Å². The van der Waals surface area contributed by atoms with Crippen LogP contribution in [-0.4, -0.2) is 21.8 Å². The SMILES string of the molecule is Cc1cc(O)c(-c2ccc3c(n2)OC(C)(C)OC3=O)c(=O)o1. The fourth-order valence-electron chi connectivity index (χ4n) is 2.18. The maximum atomic E-state index is 11.9. The molecule has 0 saturated carbocycles. The Hall–Kier alpha value is -2.83. The van der Waals surface area contributed by atoms with Crippen molar-refractivity contribution in [3.8, 4) is 22.9 Å². The van der Waals surface area contributed by atoms with Gasteiger partial charge in [0.1, 0.15) is 22.6 Å². The number of carbonyl (C=O) groups excluding carboxylic acids is 1. The molecule has 0 atom stereocenters. The molecule has 1 N–H and O–H groups in total. The highest BCUT2D eigenvalue weighted by atomic mass is 16.7. The van der Waals surface area contributed by atoms with Gasteiger partial charge in [0.05, 0.1) is 5.69 Å². The predicted octanol–water partition coefficient (Wildman–Crippen LogP) is 2.00. The van der Waals surface area contributed by atoms with E-state index in [4.69, 9.17) is 13.9 Å². The van der Waals surface area contributed by atoms with Crippen molar-refractivity contribution >= 4 is 5.97 Å². The summed E-state index contributed by atoms with van der Waals surface area (Å²) in [5.74, 6) is -1.65. The maximum absolute atomic E-state index is 11.9. The summed E-state index contributed by atoms with van der Waals surface area (Å²) in [6.45, 7) is 4.69. The lowest BCUT2D eigenvalue weighted by Gasteiger charge is -2.30. The molecule has 22 heavy (non-hydrogen) atoms. The Kier molecular flexibility index (Phi) is 2.94. The fraction of sp³-hybridized carbons (Fsp3) is 0.267. The molecule has 1 aliphatic heterocycles. The van der Waals surface area contributed by atoms with Crippen molar-refractivity contribution in [1.29, 1.82) is 0 Å². The quantitative estimate of drug-likeness (QED) is 0.804. The van der Waals surface area contributed by atoms with Gasteiger partial charge in [-0.2, -0.15) is 0 Å². The standard InChI is InChI=1S/C15H13NO6/c1-7-6-10(17)11(14(19)20-7)9-5-4-8-12(16-9)21-15(2,3)22-13(8)18/h4-6,17H,1-3H3. The average molecular weight is 303 g/mol. The smallest absolute Gasteiger partial charge is 0.349 e. The molecule has 0 amide bonds. The van der Waals surface area contributed by atoms with Gasteiger partial charge in [0.15, 0.2) is 0 Å². The van der Waals surface area contributed by atoms with Gasteiger partial charge in [-0.3, -0.25) is 0 Å². The Morgan fingerprint density at radius 3 is 2.59 bits per heavy atom. The van der Waals surface area contributed by atoms with E-state index in [0.29, 0.717) is 0 Å². The largest absolute Gasteiger partial charge is 0.507 e. The Morgan fingerprint density at radius 2 is 1.91 bits per heavy atom. The third-order valence-corrected chi connectivity index (χ3v) is 3.07. The van der Waals surface area contributed by atoms with E-state index in [2.05, 4.69) is 4.98 Å². The van der Waals surface area contributed by atoms with Crippen molar-refractivity contribution in [1.82, 2.24) is 4.98 Å². The average Bonchev–Trinajstić information content (AvgIpc) is 2.35. The summed E-state index contributed by atoms with van der Waals surface area (Å²) in [6.07, 6.45) is 0. The first-order valence-corrected chi connectivity index (χ1v) is 6.54. The van der Waals surface area contributed by atoms with Crippen LogP contribution in [0.1, 0.15) is 30.0 Å². The Balaban J connectivity index is 2.16. The summed E-state index contributed by atoms with van der Waals surface area (Å²) in [6, 6.07) is 4.16. The Bertz CT molecular complexity index is 836. The second-order valence-corrected chi connectivity index (χ2v) is 5.35. The van der Waals surface area contributed by atoms with E-state index in [0.717, 1.165) is 0 Å². The van der Waals surface area contributed by atoms with E-state index in [1.54, 1.807) is 20.8 Å². The van der Waals surface area contributed by atoms with Crippen molar-refractivity contribution in [2.45, 2.75) is 26.6 Å². The first kappa shape index (κ1) is 14.1. The molecule has 2 aromatic rings. The zero-order chi connectivity index (χ0) is 16.1. The van der Waals surface area contributed by atoms with Gasteiger partial charge in [-0.15, -0.1) is 0 Å². The van der Waals surface area contributed by atoms with Crippen molar-refractivity contribution in [3.63, 3.8) is 0 Å². The van der Waals surface area contributed by atoms with Gasteiger partial charge in [-0.25, -0.2) is 14.6 Å². The van der Waals surface area contributed by atoms with Crippen LogP contribution in [0.5, 0.6) is 11.6 Å². The van der Waals surface area contributed by atoms with E-state index < -0.39 is 17.4 Å². The van der Waals surface area contributed by atoms with Gasteiger partial charge in [-0.05, 0) is 19.1 Å². The molecular formula is C15H13NO6. The summed E-state index contributed by atoms with van der Waals surface area (Å²) >= 11 is 0. The number of aromatic hydroxyl groups is 1. The molecule has 0 radical (unpaired) electrons. The minimum Gasteiger partial charge on any atom is -0.507 e. The molecule has 3 rings (SSSR count). The topological polar surface area (TPSA) is 98.9 Å². The zero-order valence-electron chi connectivity index (χ0n) is 12.2. The minimum absolute atomic E-state index is 0.0399. The molecule has 0 unspecified atom stereocenters. The van der Waals surface area contributed by atoms with Gasteiger partial charge in [0.25, 0.3) is 5.79 Å². The maximum Gasteiger partial charge on any atom is 0.349 e. The number of nitrogens with zero attached hydrogens (tertiary/aromatic N) is 1. The van der Waals surface area contributed by atoms with Crippen LogP contribution in [0.3, 0.4) is 0 Å². The highest BCUT2D eigenvalue weighted by Gasteiger charge is 2.35. The van der Waals surface area contributed by atoms with Crippen molar-refractivity contribution in [3.05, 3.63) is 39.9 Å². The summed E-state index contributed by atoms with van der Waals surface area (Å²) < 4.78 is 15.5. The molecule has 0 fully saturated rings. The number of carbonyl (C=O) groups is 1. The van der Waals surface area contributed by atoms with Gasteiger partial charge >= 0.3 is 11.6 Å². The van der Waals surface area contributed by atoms with Crippen molar-refractivity contribution < 1.29 is 23.8 Å². The highest BCUT2D eigenvalue weighted by molar-refractivity contribution is 5.93. The number of esters is 1. The lowest BCUT2D eigenvalue weighted by Crippen LogP contribution is -2.39. The second-order valence-electron chi connectivity index (χ2n) is 5.35. The first-order valence-electron chi connectivity index (χ1n) is 6.54. The number of pyridine rings is 1. The van der Waals surface area contributed by atoms with Crippen LogP contribution in [0.25, 0.3) is 11.3 Å². The monoisotopic (exact) mass is 303 g/mol. The van der Waals surface area contributed by atoms with Crippen LogP contribution in [0.2, 0.25) is 0 Å². The number of ether oxygens (including phenoxy) is 2. The van der Waals surface area contributed by atoms with E-state index in [9.17, 15) is 14.7 Å². The van der Waals surface area contributed by atoms with Crippen molar-refractivity contribution in [2.75, 3.05) is 0 Å². The lowest BCUT2D eigenvalue weighted by molar-refractivity contribution is -0.129. The number of fused-ring (bicyclic) bond motifs is 1. The van der Waals surface area contributed by atoms with E-state index in [1.165, 1.54) is 18.2 Å². The lowest BCUT2D eigenvalue weighted by atomic mass is 10.1. The molecule has 1 aliphatic rings. The van der Waals surface area contributed by atoms with Crippen LogP contribution in [0.4, 0.5) is 0 Å². The molecule has 0 saturated heterocycles. The Labute approximate surface area is 125 Å². The van der Waals surface area contributed by atoms with E-state index in [-0.39, 0.29) is 34.2 Å². The molecular weight excluding hydrogens is 290 g/mol. The van der Waals surface area contributed by atoms with Crippen molar-refractivity contribution in [2.24, 2.45) is 0 Å². The normalized spacial score (nSPS) is 15.7. The van der Waals surface area contributed by atoms with Crippen LogP contribution in [-0.2, 0) is 4.74 Å². The zero-order valence-corrected chi connectivity index (χ0v) is 12.2. The molecule has 0 spiro atoms. The summed E-state index contributed by atoms with van der Waals surface area (Å²) in [5.41, 5.74) is -0.508. The molecule has 3 heterocycles. The first-order chi connectivity index (χ1) is 10.3. The van der Waals surface area contributed by atoms with Gasteiger partial charge in [-0.1, -0.05) is 0 Å². The number of aromatic nitrogens is 1. The minimum atomic E-state index is -1.16. The highest BCUT2D eigenvalue weighted by Crippen LogP contribution is 2.33. The predicted molar refractivity (Wildman–Crippen MR) is 74.7 cm³/mol. The van der Waals surface area contributed by atoms with E-state index >= 15 is 0 Å². The molecule has 2 aromatic heterocycles. The molecule has 0 aliphatic carbocycles. The number of cyclic esters (lactones) is 1. The second kappa shape index (κ2) is 4.59. The molecule has 0 aromatic carbocycles. The summed E-state index contributed by atoms with van der Waals surface area (Å²) in [5, 5.41) is 9.95. The third kappa shape index (κ3) is 2.30. The summed E-state index contributed by atoms with van der Waals surface area (Å²) in [4.78, 5) is 27.9. The van der Waals surface area contributed by atoms with Crippen LogP contribution in [0.15, 0.2) is 27.4 Å². The number of aryl methyl sites for hydroxylation is 1. The third-order valence-electron chi connectivity index (χ3n) is 3.07. The van der Waals surface area contributed by atoms with Gasteiger partial charge in [0.2, 0.25) is 5.88 Å². The van der Waals surface area contributed by atoms with Crippen LogP contribution in [0, 0.1) is 6.92 Å². The summed E-state index contributed by atoms with van der Waals surface area (Å²) in [7, 11) is 0. The molecule has 114 valence electrons. The van der Waals surface area contributed by atoms with E-state index in [1.807, 2.05) is 0 Å². The fourth-order valence-corrected chi connectivity index (χ4v) is 2.18.